The van der Waals surface area contributed by atoms with Gasteiger partial charge >= 0.3 is 0 Å². The van der Waals surface area contributed by atoms with Crippen molar-refractivity contribution in [2.75, 3.05) is 0 Å². The third-order valence-electron chi connectivity index (χ3n) is 2.26. The van der Waals surface area contributed by atoms with Crippen molar-refractivity contribution in [3.05, 3.63) is 63.0 Å². The standard InChI is InChI=1S/C14H11BrClNS.2C2H6/c1-4-11(14(10(3)15)18-8-17)12-6-5-9(2)7-13(12)16;2*1-2/h4-7H,1,3H2,2H3;2*1-2H3/b14-11-;;. The Hall–Kier alpha value is -0.950. The number of nitrogens with zero attached hydrogens (tertiary/aromatic N) is 1. The topological polar surface area (TPSA) is 23.8 Å². The molecule has 0 spiro atoms. The van der Waals surface area contributed by atoms with Gasteiger partial charge in [0.05, 0.1) is 0 Å². The lowest BCUT2D eigenvalue weighted by Gasteiger charge is -2.11. The highest BCUT2D eigenvalue weighted by atomic mass is 79.9. The smallest absolute Gasteiger partial charge is 0.138 e. The molecule has 1 nitrogen and oxygen atoms in total. The van der Waals surface area contributed by atoms with Crippen molar-refractivity contribution >= 4 is 44.9 Å². The first-order valence-electron chi connectivity index (χ1n) is 7.05. The molecule has 0 aliphatic rings. The summed E-state index contributed by atoms with van der Waals surface area (Å²) in [6.07, 6.45) is 1.68. The van der Waals surface area contributed by atoms with E-state index in [4.69, 9.17) is 16.9 Å². The highest BCUT2D eigenvalue weighted by molar-refractivity contribution is 9.12. The van der Waals surface area contributed by atoms with E-state index in [-0.39, 0.29) is 0 Å². The number of aryl methyl sites for hydroxylation is 1. The summed E-state index contributed by atoms with van der Waals surface area (Å²) in [5.74, 6) is 0. The van der Waals surface area contributed by atoms with Gasteiger partial charge < -0.3 is 0 Å². The number of benzene rings is 1. The first kappa shape index (κ1) is 23.3. The summed E-state index contributed by atoms with van der Waals surface area (Å²) in [7, 11) is 0. The van der Waals surface area contributed by atoms with Gasteiger partial charge in [-0.05, 0) is 35.9 Å². The maximum Gasteiger partial charge on any atom is 0.138 e. The van der Waals surface area contributed by atoms with Gasteiger partial charge in [-0.1, -0.05) is 86.6 Å². The second-order valence-electron chi connectivity index (χ2n) is 3.53. The van der Waals surface area contributed by atoms with Crippen molar-refractivity contribution < 1.29 is 0 Å². The molecular weight excluding hydrogens is 378 g/mol. The Labute approximate surface area is 152 Å². The Balaban J connectivity index is 0. The van der Waals surface area contributed by atoms with Crippen molar-refractivity contribution in [1.82, 2.24) is 0 Å². The van der Waals surface area contributed by atoms with Crippen molar-refractivity contribution in [2.24, 2.45) is 0 Å². The average molecular weight is 401 g/mol. The fourth-order valence-electron chi connectivity index (χ4n) is 1.47. The Bertz CT molecular complexity index is 571. The molecule has 0 atom stereocenters. The van der Waals surface area contributed by atoms with Crippen LogP contribution in [-0.2, 0) is 0 Å². The van der Waals surface area contributed by atoms with Crippen LogP contribution in [0.25, 0.3) is 5.57 Å². The zero-order valence-corrected chi connectivity index (χ0v) is 17.0. The van der Waals surface area contributed by atoms with Crippen LogP contribution >= 0.6 is 39.3 Å². The van der Waals surface area contributed by atoms with E-state index in [1.807, 2.05) is 58.2 Å². The quantitative estimate of drug-likeness (QED) is 0.381. The summed E-state index contributed by atoms with van der Waals surface area (Å²) >= 11 is 10.6. The number of nitriles is 1. The van der Waals surface area contributed by atoms with E-state index in [0.717, 1.165) is 33.4 Å². The zero-order valence-electron chi connectivity index (χ0n) is 13.8. The Morgan fingerprint density at radius 2 is 1.86 bits per heavy atom. The number of thiocyanates is 1. The van der Waals surface area contributed by atoms with Crippen LogP contribution in [0, 0.1) is 17.6 Å². The van der Waals surface area contributed by atoms with Gasteiger partial charge in [0.25, 0.3) is 0 Å². The first-order valence-corrected chi connectivity index (χ1v) is 9.04. The third kappa shape index (κ3) is 7.35. The lowest BCUT2D eigenvalue weighted by atomic mass is 10.0. The normalized spacial score (nSPS) is 9.91. The highest BCUT2D eigenvalue weighted by Crippen LogP contribution is 2.37. The van der Waals surface area contributed by atoms with Crippen LogP contribution in [0.1, 0.15) is 38.8 Å². The summed E-state index contributed by atoms with van der Waals surface area (Å²) in [5.41, 5.74) is 2.73. The highest BCUT2D eigenvalue weighted by Gasteiger charge is 2.12. The third-order valence-corrected chi connectivity index (χ3v) is 3.99. The maximum atomic E-state index is 8.84. The van der Waals surface area contributed by atoms with Crippen LogP contribution in [0.5, 0.6) is 0 Å². The Morgan fingerprint density at radius 1 is 1.32 bits per heavy atom. The molecule has 0 heterocycles. The van der Waals surface area contributed by atoms with E-state index in [0.29, 0.717) is 9.51 Å². The molecule has 4 heteroatoms. The van der Waals surface area contributed by atoms with Gasteiger partial charge in [0.1, 0.15) is 5.40 Å². The van der Waals surface area contributed by atoms with Gasteiger partial charge in [-0.2, -0.15) is 5.26 Å². The van der Waals surface area contributed by atoms with Gasteiger partial charge in [-0.15, -0.1) is 0 Å². The molecule has 0 saturated heterocycles. The second kappa shape index (κ2) is 13.7. The molecule has 1 aromatic carbocycles. The summed E-state index contributed by atoms with van der Waals surface area (Å²) in [5, 5.41) is 11.5. The number of halogens is 2. The van der Waals surface area contributed by atoms with Crippen LogP contribution in [0.15, 0.2) is 46.8 Å². The number of rotatable bonds is 4. The molecule has 0 aromatic heterocycles. The largest absolute Gasteiger partial charge is 0.185 e. The predicted molar refractivity (Wildman–Crippen MR) is 107 cm³/mol. The van der Waals surface area contributed by atoms with Gasteiger partial charge in [0.2, 0.25) is 0 Å². The van der Waals surface area contributed by atoms with E-state index in [1.54, 1.807) is 6.08 Å². The Morgan fingerprint density at radius 3 is 2.23 bits per heavy atom. The molecule has 22 heavy (non-hydrogen) atoms. The van der Waals surface area contributed by atoms with E-state index < -0.39 is 0 Å². The van der Waals surface area contributed by atoms with Gasteiger partial charge in [-0.25, -0.2) is 0 Å². The predicted octanol–water partition coefficient (Wildman–Crippen LogP) is 7.72. The summed E-state index contributed by atoms with van der Waals surface area (Å²) in [6.45, 7) is 17.6. The number of hydrogen-bond donors (Lipinski definition) is 0. The summed E-state index contributed by atoms with van der Waals surface area (Å²) in [6, 6.07) is 5.77. The minimum absolute atomic E-state index is 0.634. The number of thioether (sulfide) groups is 1. The molecule has 1 aromatic rings. The maximum absolute atomic E-state index is 8.84. The zero-order chi connectivity index (χ0) is 17.7. The average Bonchev–Trinajstić information content (AvgIpc) is 2.52. The van der Waals surface area contributed by atoms with Crippen LogP contribution < -0.4 is 0 Å². The SMILES string of the molecule is C=C/C(=C(/SC#N)C(=C)Br)c1ccc(C)cc1Cl.CC.CC. The van der Waals surface area contributed by atoms with Crippen molar-refractivity contribution in [3.8, 4) is 5.40 Å². The summed E-state index contributed by atoms with van der Waals surface area (Å²) in [4.78, 5) is 0.721. The van der Waals surface area contributed by atoms with Crippen molar-refractivity contribution in [1.29, 1.82) is 5.26 Å². The van der Waals surface area contributed by atoms with Gasteiger partial charge in [0, 0.05) is 20.0 Å². The molecule has 0 aliphatic carbocycles. The molecule has 0 fully saturated rings. The molecular formula is C18H23BrClNS. The molecule has 0 unspecified atom stereocenters. The monoisotopic (exact) mass is 399 g/mol. The molecule has 0 bridgehead atoms. The van der Waals surface area contributed by atoms with Crippen LogP contribution in [0.2, 0.25) is 5.02 Å². The van der Waals surface area contributed by atoms with Gasteiger partial charge in [0.15, 0.2) is 0 Å². The molecule has 0 aliphatic heterocycles. The summed E-state index contributed by atoms with van der Waals surface area (Å²) < 4.78 is 0.639. The van der Waals surface area contributed by atoms with Crippen LogP contribution in [-0.4, -0.2) is 0 Å². The van der Waals surface area contributed by atoms with Crippen molar-refractivity contribution in [2.45, 2.75) is 34.6 Å². The first-order chi connectivity index (χ1) is 10.5. The lowest BCUT2D eigenvalue weighted by Crippen LogP contribution is -1.89. The number of allylic oxidation sites excluding steroid dienone is 3. The molecule has 0 radical (unpaired) electrons. The van der Waals surface area contributed by atoms with E-state index >= 15 is 0 Å². The molecule has 120 valence electrons. The molecule has 1 rings (SSSR count). The molecule has 0 amide bonds. The Kier molecular flexibility index (Phi) is 14.5. The van der Waals surface area contributed by atoms with Gasteiger partial charge in [-0.3, -0.25) is 0 Å². The van der Waals surface area contributed by atoms with E-state index in [9.17, 15) is 0 Å². The fraction of sp³-hybridized carbons (Fsp3) is 0.278. The van der Waals surface area contributed by atoms with Crippen LogP contribution in [0.4, 0.5) is 0 Å². The molecule has 0 N–H and O–H groups in total. The fourth-order valence-corrected chi connectivity index (χ4v) is 2.76. The lowest BCUT2D eigenvalue weighted by molar-refractivity contribution is 1.45. The van der Waals surface area contributed by atoms with E-state index in [2.05, 4.69) is 29.1 Å². The number of hydrogen-bond acceptors (Lipinski definition) is 2. The van der Waals surface area contributed by atoms with Crippen LogP contribution in [0.3, 0.4) is 0 Å². The van der Waals surface area contributed by atoms with Crippen molar-refractivity contribution in [3.63, 3.8) is 0 Å². The minimum Gasteiger partial charge on any atom is -0.185 e. The molecule has 0 saturated carbocycles. The second-order valence-corrected chi connectivity index (χ2v) is 5.69. The minimum atomic E-state index is 0.634. The van der Waals surface area contributed by atoms with E-state index in [1.165, 1.54) is 0 Å².